The predicted octanol–water partition coefficient (Wildman–Crippen LogP) is 1.25. The Balaban J connectivity index is 1.26. The summed E-state index contributed by atoms with van der Waals surface area (Å²) >= 11 is 1.19. The molecule has 0 unspecified atom stereocenters. The van der Waals surface area contributed by atoms with E-state index in [1.807, 2.05) is 4.90 Å². The first-order chi connectivity index (χ1) is 15.8. The molecule has 12 heteroatoms. The summed E-state index contributed by atoms with van der Waals surface area (Å²) in [5.74, 6) is 0.791. The molecular formula is C21H24N4O6S2. The van der Waals surface area contributed by atoms with Gasteiger partial charge in [-0.15, -0.1) is 11.3 Å². The first-order valence-corrected chi connectivity index (χ1v) is 12.9. The number of sulfonamides is 1. The highest BCUT2D eigenvalue weighted by molar-refractivity contribution is 7.91. The van der Waals surface area contributed by atoms with Gasteiger partial charge in [0.25, 0.3) is 15.9 Å². The number of hydrogen-bond donors (Lipinski definition) is 1. The van der Waals surface area contributed by atoms with E-state index in [2.05, 4.69) is 5.32 Å². The smallest absolute Gasteiger partial charge is 0.326 e. The van der Waals surface area contributed by atoms with Crippen molar-refractivity contribution < 1.29 is 27.5 Å². The highest BCUT2D eigenvalue weighted by atomic mass is 32.2. The highest BCUT2D eigenvalue weighted by Gasteiger charge is 2.50. The quantitative estimate of drug-likeness (QED) is 0.626. The predicted molar refractivity (Wildman–Crippen MR) is 120 cm³/mol. The van der Waals surface area contributed by atoms with E-state index in [0.29, 0.717) is 60.7 Å². The second-order valence-electron chi connectivity index (χ2n) is 8.24. The summed E-state index contributed by atoms with van der Waals surface area (Å²) in [5, 5.41) is 4.54. The van der Waals surface area contributed by atoms with Gasteiger partial charge in [-0.25, -0.2) is 18.1 Å². The Morgan fingerprint density at radius 2 is 1.79 bits per heavy atom. The molecule has 1 atom stereocenters. The van der Waals surface area contributed by atoms with Crippen LogP contribution >= 0.6 is 11.3 Å². The van der Waals surface area contributed by atoms with Crippen LogP contribution in [0.4, 0.5) is 4.79 Å². The lowest BCUT2D eigenvalue weighted by molar-refractivity contribution is -0.132. The number of piperazine rings is 1. The summed E-state index contributed by atoms with van der Waals surface area (Å²) in [7, 11) is -3.51. The Hall–Kier alpha value is -2.67. The van der Waals surface area contributed by atoms with Crippen molar-refractivity contribution >= 4 is 33.3 Å². The number of ether oxygens (including phenoxy) is 2. The van der Waals surface area contributed by atoms with Gasteiger partial charge in [0.2, 0.25) is 0 Å². The van der Waals surface area contributed by atoms with E-state index in [1.54, 1.807) is 42.6 Å². The average Bonchev–Trinajstić information content (AvgIpc) is 3.44. The summed E-state index contributed by atoms with van der Waals surface area (Å²) < 4.78 is 38.4. The molecule has 2 saturated heterocycles. The number of fused-ring (bicyclic) bond motifs is 1. The fourth-order valence-corrected chi connectivity index (χ4v) is 6.79. The van der Waals surface area contributed by atoms with Crippen molar-refractivity contribution in [3.05, 3.63) is 41.3 Å². The number of nitrogens with zero attached hydrogens (tertiary/aromatic N) is 3. The van der Waals surface area contributed by atoms with Crippen LogP contribution in [0.5, 0.6) is 11.5 Å². The molecule has 3 amide bonds. The molecule has 1 aromatic carbocycles. The van der Waals surface area contributed by atoms with Crippen LogP contribution in [0, 0.1) is 0 Å². The SMILES string of the molecule is C[C@@]1(c2ccc3c(c2)OCCO3)NC(=O)N(CN2CCN(S(=O)(=O)c3cccs3)CC2)C1=O. The van der Waals surface area contributed by atoms with Gasteiger partial charge in [-0.2, -0.15) is 4.31 Å². The molecule has 0 spiro atoms. The molecular weight excluding hydrogens is 468 g/mol. The number of imide groups is 1. The summed E-state index contributed by atoms with van der Waals surface area (Å²) in [5.41, 5.74) is -0.614. The molecule has 2 fully saturated rings. The van der Waals surface area contributed by atoms with Crippen molar-refractivity contribution in [1.29, 1.82) is 0 Å². The number of rotatable bonds is 5. The van der Waals surface area contributed by atoms with Crippen molar-refractivity contribution in [3.63, 3.8) is 0 Å². The molecule has 0 saturated carbocycles. The molecule has 0 radical (unpaired) electrons. The van der Waals surface area contributed by atoms with E-state index in [-0.39, 0.29) is 12.6 Å². The molecule has 1 aromatic heterocycles. The van der Waals surface area contributed by atoms with Crippen LogP contribution < -0.4 is 14.8 Å². The van der Waals surface area contributed by atoms with Gasteiger partial charge in [0.1, 0.15) is 23.0 Å². The standard InChI is InChI=1S/C21H24N4O6S2/c1-21(15-4-5-16-17(13-15)31-11-10-30-16)19(26)25(20(27)22-21)14-23-6-8-24(9-7-23)33(28,29)18-3-2-12-32-18/h2-5,12-13H,6-11,14H2,1H3,(H,22,27)/t21-/m0/s1. The third-order valence-corrected chi connectivity index (χ3v) is 9.43. The Labute approximate surface area is 195 Å². The van der Waals surface area contributed by atoms with Crippen molar-refractivity contribution in [2.75, 3.05) is 46.1 Å². The van der Waals surface area contributed by atoms with E-state index < -0.39 is 21.6 Å². The zero-order valence-corrected chi connectivity index (χ0v) is 19.7. The maximum absolute atomic E-state index is 13.3. The van der Waals surface area contributed by atoms with Crippen LogP contribution in [-0.2, 0) is 20.4 Å². The van der Waals surface area contributed by atoms with Crippen molar-refractivity contribution in [1.82, 2.24) is 19.4 Å². The number of amides is 3. The molecule has 5 rings (SSSR count). The van der Waals surface area contributed by atoms with E-state index >= 15 is 0 Å². The summed E-state index contributed by atoms with van der Waals surface area (Å²) in [6, 6.07) is 8.05. The van der Waals surface area contributed by atoms with Crippen molar-refractivity contribution in [2.45, 2.75) is 16.7 Å². The van der Waals surface area contributed by atoms with Crippen LogP contribution in [0.25, 0.3) is 0 Å². The van der Waals surface area contributed by atoms with Gasteiger partial charge in [-0.1, -0.05) is 12.1 Å². The lowest BCUT2D eigenvalue weighted by Crippen LogP contribution is -2.52. The van der Waals surface area contributed by atoms with E-state index in [4.69, 9.17) is 9.47 Å². The number of carbonyl (C=O) groups excluding carboxylic acids is 2. The summed E-state index contributed by atoms with van der Waals surface area (Å²) in [6.45, 7) is 4.09. The third-order valence-electron chi connectivity index (χ3n) is 6.16. The van der Waals surface area contributed by atoms with Crippen molar-refractivity contribution in [3.8, 4) is 11.5 Å². The maximum Gasteiger partial charge on any atom is 0.326 e. The van der Waals surface area contributed by atoms with Gasteiger partial charge < -0.3 is 14.8 Å². The largest absolute Gasteiger partial charge is 0.486 e. The van der Waals surface area contributed by atoms with Crippen molar-refractivity contribution in [2.24, 2.45) is 0 Å². The molecule has 3 aliphatic rings. The molecule has 3 aliphatic heterocycles. The van der Waals surface area contributed by atoms with Gasteiger partial charge in [-0.05, 0) is 36.1 Å². The first-order valence-electron chi connectivity index (χ1n) is 10.6. The normalized spacial score (nSPS) is 24.2. The van der Waals surface area contributed by atoms with E-state index in [1.165, 1.54) is 20.5 Å². The van der Waals surface area contributed by atoms with E-state index in [9.17, 15) is 18.0 Å². The number of carbonyl (C=O) groups is 2. The minimum absolute atomic E-state index is 0.0949. The Morgan fingerprint density at radius 3 is 2.48 bits per heavy atom. The Morgan fingerprint density at radius 1 is 1.06 bits per heavy atom. The number of benzene rings is 1. The zero-order valence-electron chi connectivity index (χ0n) is 18.0. The maximum atomic E-state index is 13.3. The fourth-order valence-electron chi connectivity index (χ4n) is 4.22. The number of thiophene rings is 1. The molecule has 176 valence electrons. The molecule has 10 nitrogen and oxygen atoms in total. The van der Waals surface area contributed by atoms with Crippen LogP contribution in [0.2, 0.25) is 0 Å². The zero-order chi connectivity index (χ0) is 23.2. The van der Waals surface area contributed by atoms with Crippen LogP contribution in [0.1, 0.15) is 12.5 Å². The molecule has 0 aliphatic carbocycles. The molecule has 0 bridgehead atoms. The van der Waals surface area contributed by atoms with Crippen LogP contribution in [0.3, 0.4) is 0 Å². The van der Waals surface area contributed by atoms with Crippen LogP contribution in [-0.4, -0.2) is 80.5 Å². The summed E-state index contributed by atoms with van der Waals surface area (Å²) in [6.07, 6.45) is 0. The minimum atomic E-state index is -3.51. The highest BCUT2D eigenvalue weighted by Crippen LogP contribution is 2.37. The Kier molecular flexibility index (Phi) is 5.55. The first kappa shape index (κ1) is 22.1. The molecule has 33 heavy (non-hydrogen) atoms. The second kappa shape index (κ2) is 8.28. The third kappa shape index (κ3) is 3.86. The summed E-state index contributed by atoms with van der Waals surface area (Å²) in [4.78, 5) is 29.1. The average molecular weight is 493 g/mol. The number of nitrogens with one attached hydrogen (secondary N) is 1. The minimum Gasteiger partial charge on any atom is -0.486 e. The van der Waals surface area contributed by atoms with Gasteiger partial charge >= 0.3 is 6.03 Å². The van der Waals surface area contributed by atoms with Gasteiger partial charge in [0, 0.05) is 26.2 Å². The number of urea groups is 1. The van der Waals surface area contributed by atoms with E-state index in [0.717, 1.165) is 0 Å². The lowest BCUT2D eigenvalue weighted by atomic mass is 9.91. The molecule has 1 N–H and O–H groups in total. The fraction of sp³-hybridized carbons (Fsp3) is 0.429. The monoisotopic (exact) mass is 492 g/mol. The van der Waals surface area contributed by atoms with Gasteiger partial charge in [-0.3, -0.25) is 9.69 Å². The second-order valence-corrected chi connectivity index (χ2v) is 11.4. The topological polar surface area (TPSA) is 108 Å². The van der Waals surface area contributed by atoms with Gasteiger partial charge in [0.15, 0.2) is 11.5 Å². The van der Waals surface area contributed by atoms with Crippen LogP contribution in [0.15, 0.2) is 39.9 Å². The Bertz CT molecular complexity index is 1180. The molecule has 2 aromatic rings. The lowest BCUT2D eigenvalue weighted by Gasteiger charge is -2.35. The van der Waals surface area contributed by atoms with Gasteiger partial charge in [0.05, 0.1) is 6.67 Å². The molecule has 4 heterocycles. The number of hydrogen-bond acceptors (Lipinski definition) is 8.